The number of carboxylic acids is 1. The normalized spacial score (nSPS) is 39.0. The molecule has 0 aromatic heterocycles. The van der Waals surface area contributed by atoms with Crippen LogP contribution in [0.1, 0.15) is 25.7 Å². The fourth-order valence-electron chi connectivity index (χ4n) is 3.62. The molecular weight excluding hydrogens is 234 g/mol. The number of fused-ring (bicyclic) bond motifs is 1. The van der Waals surface area contributed by atoms with Gasteiger partial charge >= 0.3 is 5.97 Å². The predicted octanol–water partition coefficient (Wildman–Crippen LogP) is 0.735. The maximum absolute atomic E-state index is 12.4. The molecule has 3 aliphatic rings. The highest BCUT2D eigenvalue weighted by molar-refractivity contribution is 5.87. The lowest BCUT2D eigenvalue weighted by Crippen LogP contribution is -2.53. The lowest BCUT2D eigenvalue weighted by molar-refractivity contribution is -0.159. The van der Waals surface area contributed by atoms with Gasteiger partial charge in [0, 0.05) is 12.5 Å². The molecule has 1 aliphatic heterocycles. The van der Waals surface area contributed by atoms with E-state index in [4.69, 9.17) is 9.84 Å². The highest BCUT2D eigenvalue weighted by atomic mass is 16.5. The summed E-state index contributed by atoms with van der Waals surface area (Å²) >= 11 is 0. The van der Waals surface area contributed by atoms with Gasteiger partial charge in [-0.15, -0.1) is 0 Å². The minimum Gasteiger partial charge on any atom is -0.480 e. The number of hydrogen-bond acceptors (Lipinski definition) is 3. The van der Waals surface area contributed by atoms with Gasteiger partial charge < -0.3 is 14.7 Å². The molecule has 1 amide bonds. The van der Waals surface area contributed by atoms with E-state index in [-0.39, 0.29) is 18.4 Å². The Balaban J connectivity index is 1.69. The molecule has 0 aromatic rings. The Hall–Kier alpha value is -1.10. The van der Waals surface area contributed by atoms with E-state index in [2.05, 4.69) is 0 Å². The van der Waals surface area contributed by atoms with Crippen molar-refractivity contribution in [2.45, 2.75) is 31.7 Å². The van der Waals surface area contributed by atoms with Crippen LogP contribution in [0.25, 0.3) is 0 Å². The third-order valence-electron chi connectivity index (χ3n) is 4.64. The van der Waals surface area contributed by atoms with Crippen molar-refractivity contribution >= 4 is 11.9 Å². The monoisotopic (exact) mass is 253 g/mol. The standard InChI is InChI=1S/C13H19NO4/c15-12(11-8-3-1-2-4-9(8)11)14-5-6-18-7-10(14)13(16)17/h8-11H,1-7H2,(H,16,17)/t8-,9+,10-,11?/m0/s1. The summed E-state index contributed by atoms with van der Waals surface area (Å²) in [5.74, 6) is 0.272. The molecule has 0 bridgehead atoms. The molecule has 1 saturated heterocycles. The van der Waals surface area contributed by atoms with Crippen LogP contribution in [0.2, 0.25) is 0 Å². The summed E-state index contributed by atoms with van der Waals surface area (Å²) in [4.78, 5) is 25.1. The Morgan fingerprint density at radius 3 is 2.44 bits per heavy atom. The van der Waals surface area contributed by atoms with E-state index in [1.807, 2.05) is 0 Å². The van der Waals surface area contributed by atoms with Gasteiger partial charge in [-0.2, -0.15) is 0 Å². The number of morpholine rings is 1. The van der Waals surface area contributed by atoms with Gasteiger partial charge in [0.25, 0.3) is 0 Å². The summed E-state index contributed by atoms with van der Waals surface area (Å²) in [7, 11) is 0. The second kappa shape index (κ2) is 4.53. The van der Waals surface area contributed by atoms with E-state index in [9.17, 15) is 9.59 Å². The molecule has 5 heteroatoms. The Labute approximate surface area is 106 Å². The molecule has 1 heterocycles. The van der Waals surface area contributed by atoms with E-state index < -0.39 is 12.0 Å². The van der Waals surface area contributed by atoms with Crippen molar-refractivity contribution < 1.29 is 19.4 Å². The van der Waals surface area contributed by atoms with Crippen LogP contribution in [-0.2, 0) is 14.3 Å². The molecule has 18 heavy (non-hydrogen) atoms. The summed E-state index contributed by atoms with van der Waals surface area (Å²) in [6.45, 7) is 1.01. The quantitative estimate of drug-likeness (QED) is 0.788. The molecule has 5 nitrogen and oxygen atoms in total. The highest BCUT2D eigenvalue weighted by Crippen LogP contribution is 2.56. The number of rotatable bonds is 2. The summed E-state index contributed by atoms with van der Waals surface area (Å²) in [5.41, 5.74) is 0. The average molecular weight is 253 g/mol. The van der Waals surface area contributed by atoms with Crippen molar-refractivity contribution in [3.63, 3.8) is 0 Å². The van der Waals surface area contributed by atoms with Crippen LogP contribution in [0.3, 0.4) is 0 Å². The van der Waals surface area contributed by atoms with Crippen LogP contribution in [0.15, 0.2) is 0 Å². The fourth-order valence-corrected chi connectivity index (χ4v) is 3.62. The Bertz CT molecular complexity index is 358. The summed E-state index contributed by atoms with van der Waals surface area (Å²) in [5, 5.41) is 9.14. The second-order valence-corrected chi connectivity index (χ2v) is 5.60. The van der Waals surface area contributed by atoms with E-state index >= 15 is 0 Å². The molecule has 2 aliphatic carbocycles. The number of carboxylic acid groups (broad SMARTS) is 1. The molecule has 4 atom stereocenters. The molecule has 100 valence electrons. The first-order valence-corrected chi connectivity index (χ1v) is 6.81. The van der Waals surface area contributed by atoms with E-state index in [1.165, 1.54) is 17.7 Å². The highest BCUT2D eigenvalue weighted by Gasteiger charge is 2.56. The van der Waals surface area contributed by atoms with Gasteiger partial charge in [0.1, 0.15) is 0 Å². The lowest BCUT2D eigenvalue weighted by atomic mass is 10.0. The Kier molecular flexibility index (Phi) is 3.01. The van der Waals surface area contributed by atoms with Crippen molar-refractivity contribution in [1.29, 1.82) is 0 Å². The van der Waals surface area contributed by atoms with Gasteiger partial charge in [-0.25, -0.2) is 4.79 Å². The molecule has 0 radical (unpaired) electrons. The van der Waals surface area contributed by atoms with E-state index in [0.29, 0.717) is 25.0 Å². The predicted molar refractivity (Wildman–Crippen MR) is 62.9 cm³/mol. The van der Waals surface area contributed by atoms with Gasteiger partial charge in [0.2, 0.25) is 5.91 Å². The van der Waals surface area contributed by atoms with Crippen LogP contribution >= 0.6 is 0 Å². The van der Waals surface area contributed by atoms with Crippen LogP contribution in [0, 0.1) is 17.8 Å². The van der Waals surface area contributed by atoms with E-state index in [1.54, 1.807) is 0 Å². The number of amides is 1. The Morgan fingerprint density at radius 2 is 1.83 bits per heavy atom. The first-order chi connectivity index (χ1) is 8.70. The van der Waals surface area contributed by atoms with Gasteiger partial charge in [0.15, 0.2) is 6.04 Å². The number of carbonyl (C=O) groups excluding carboxylic acids is 1. The smallest absolute Gasteiger partial charge is 0.328 e. The molecular formula is C13H19NO4. The fraction of sp³-hybridized carbons (Fsp3) is 0.846. The maximum atomic E-state index is 12.4. The van der Waals surface area contributed by atoms with E-state index in [0.717, 1.165) is 12.8 Å². The third kappa shape index (κ3) is 1.90. The van der Waals surface area contributed by atoms with Crippen molar-refractivity contribution in [3.8, 4) is 0 Å². The zero-order valence-electron chi connectivity index (χ0n) is 10.4. The molecule has 2 saturated carbocycles. The third-order valence-corrected chi connectivity index (χ3v) is 4.64. The summed E-state index contributed by atoms with van der Waals surface area (Å²) < 4.78 is 5.17. The number of carbonyl (C=O) groups is 2. The lowest BCUT2D eigenvalue weighted by Gasteiger charge is -2.33. The summed E-state index contributed by atoms with van der Waals surface area (Å²) in [6.07, 6.45) is 4.72. The SMILES string of the molecule is O=C(O)[C@@H]1COCCN1C(=O)C1[C@H]2CCCC[C@@H]12. The zero-order chi connectivity index (χ0) is 12.7. The number of aliphatic carboxylic acids is 1. The van der Waals surface area contributed by atoms with Crippen molar-refractivity contribution in [1.82, 2.24) is 4.90 Å². The van der Waals surface area contributed by atoms with Crippen molar-refractivity contribution in [2.75, 3.05) is 19.8 Å². The number of nitrogens with zero attached hydrogens (tertiary/aromatic N) is 1. The molecule has 3 rings (SSSR count). The maximum Gasteiger partial charge on any atom is 0.328 e. The van der Waals surface area contributed by atoms with Crippen LogP contribution in [0.5, 0.6) is 0 Å². The van der Waals surface area contributed by atoms with Crippen LogP contribution in [-0.4, -0.2) is 47.7 Å². The first-order valence-electron chi connectivity index (χ1n) is 6.81. The largest absolute Gasteiger partial charge is 0.480 e. The molecule has 3 fully saturated rings. The minimum atomic E-state index is -0.952. The second-order valence-electron chi connectivity index (χ2n) is 5.60. The van der Waals surface area contributed by atoms with Gasteiger partial charge in [-0.3, -0.25) is 4.79 Å². The molecule has 0 aromatic carbocycles. The number of ether oxygens (including phenoxy) is 1. The Morgan fingerprint density at radius 1 is 1.17 bits per heavy atom. The van der Waals surface area contributed by atoms with Gasteiger partial charge in [0.05, 0.1) is 13.2 Å². The molecule has 1 N–H and O–H groups in total. The average Bonchev–Trinajstić information content (AvgIpc) is 3.12. The first kappa shape index (κ1) is 12.0. The van der Waals surface area contributed by atoms with Gasteiger partial charge in [-0.05, 0) is 24.7 Å². The topological polar surface area (TPSA) is 66.8 Å². The van der Waals surface area contributed by atoms with Crippen LogP contribution < -0.4 is 0 Å². The van der Waals surface area contributed by atoms with Crippen molar-refractivity contribution in [2.24, 2.45) is 17.8 Å². The number of hydrogen-bond donors (Lipinski definition) is 1. The molecule has 0 spiro atoms. The van der Waals surface area contributed by atoms with Gasteiger partial charge in [-0.1, -0.05) is 12.8 Å². The zero-order valence-corrected chi connectivity index (χ0v) is 10.4. The molecule has 1 unspecified atom stereocenters. The van der Waals surface area contributed by atoms with Crippen molar-refractivity contribution in [3.05, 3.63) is 0 Å². The van der Waals surface area contributed by atoms with Crippen LogP contribution in [0.4, 0.5) is 0 Å². The minimum absolute atomic E-state index is 0.0580. The summed E-state index contributed by atoms with van der Waals surface area (Å²) in [6, 6.07) is -0.783.